The van der Waals surface area contributed by atoms with E-state index in [1.807, 2.05) is 0 Å². The molecule has 0 aromatic carbocycles. The van der Waals surface area contributed by atoms with Crippen molar-refractivity contribution < 1.29 is 5.11 Å². The minimum Gasteiger partial charge on any atom is -0.378 e. The van der Waals surface area contributed by atoms with Crippen LogP contribution in [0, 0.1) is 5.92 Å². The molecule has 0 aromatic rings. The van der Waals surface area contributed by atoms with Crippen molar-refractivity contribution in [3.05, 3.63) is 0 Å². The molecule has 2 N–H and O–H groups in total. The van der Waals surface area contributed by atoms with Gasteiger partial charge in [-0.05, 0) is 31.6 Å². The van der Waals surface area contributed by atoms with Gasteiger partial charge in [0, 0.05) is 6.04 Å². The van der Waals surface area contributed by atoms with Crippen LogP contribution in [-0.4, -0.2) is 17.4 Å². The average Bonchev–Trinajstić information content (AvgIpc) is 2.72. The highest BCUT2D eigenvalue weighted by Gasteiger charge is 2.25. The Morgan fingerprint density at radius 1 is 0.857 bits per heavy atom. The van der Waals surface area contributed by atoms with Crippen LogP contribution in [-0.2, 0) is 0 Å². The molecule has 0 heterocycles. The molecule has 2 fully saturated rings. The minimum absolute atomic E-state index is 0.222. The Kier molecular flexibility index (Phi) is 3.82. The van der Waals surface area contributed by atoms with Crippen LogP contribution in [0.3, 0.4) is 0 Å². The quantitative estimate of drug-likeness (QED) is 0.681. The highest BCUT2D eigenvalue weighted by atomic mass is 16.3. The van der Waals surface area contributed by atoms with Crippen LogP contribution in [0.1, 0.15) is 57.8 Å². The Morgan fingerprint density at radius 3 is 2.07 bits per heavy atom. The molecule has 14 heavy (non-hydrogen) atoms. The van der Waals surface area contributed by atoms with Crippen molar-refractivity contribution in [1.82, 2.24) is 5.32 Å². The smallest absolute Gasteiger partial charge is 0.107 e. The fraction of sp³-hybridized carbons (Fsp3) is 1.00. The molecule has 0 aliphatic heterocycles. The molecule has 2 saturated carbocycles. The van der Waals surface area contributed by atoms with Gasteiger partial charge in [0.1, 0.15) is 6.23 Å². The first kappa shape index (κ1) is 10.4. The number of hydrogen-bond donors (Lipinski definition) is 2. The van der Waals surface area contributed by atoms with Gasteiger partial charge in [-0.15, -0.1) is 0 Å². The van der Waals surface area contributed by atoms with Crippen molar-refractivity contribution >= 4 is 0 Å². The van der Waals surface area contributed by atoms with Crippen LogP contribution in [0.4, 0.5) is 0 Å². The van der Waals surface area contributed by atoms with E-state index in [2.05, 4.69) is 5.32 Å². The largest absolute Gasteiger partial charge is 0.378 e. The van der Waals surface area contributed by atoms with Crippen molar-refractivity contribution in [2.24, 2.45) is 5.92 Å². The molecule has 82 valence electrons. The predicted molar refractivity (Wildman–Crippen MR) is 58.0 cm³/mol. The molecule has 0 bridgehead atoms. The SMILES string of the molecule is OC(NC1CCCCC1)C1CCCC1. The summed E-state index contributed by atoms with van der Waals surface area (Å²) in [5.74, 6) is 0.539. The topological polar surface area (TPSA) is 32.3 Å². The van der Waals surface area contributed by atoms with E-state index >= 15 is 0 Å². The lowest BCUT2D eigenvalue weighted by Crippen LogP contribution is -2.42. The molecular weight excluding hydrogens is 174 g/mol. The van der Waals surface area contributed by atoms with Crippen molar-refractivity contribution in [1.29, 1.82) is 0 Å². The number of hydrogen-bond acceptors (Lipinski definition) is 2. The number of aliphatic hydroxyl groups excluding tert-OH is 1. The van der Waals surface area contributed by atoms with Gasteiger partial charge in [0.05, 0.1) is 0 Å². The van der Waals surface area contributed by atoms with E-state index in [1.54, 1.807) is 0 Å². The summed E-state index contributed by atoms with van der Waals surface area (Å²) in [6.45, 7) is 0. The van der Waals surface area contributed by atoms with E-state index in [1.165, 1.54) is 57.8 Å². The second-order valence-electron chi connectivity index (χ2n) is 4.99. The number of rotatable bonds is 3. The van der Waals surface area contributed by atoms with Gasteiger partial charge >= 0.3 is 0 Å². The van der Waals surface area contributed by atoms with Crippen LogP contribution in [0.2, 0.25) is 0 Å². The standard InChI is InChI=1S/C12H23NO/c14-12(10-6-4-5-7-10)13-11-8-2-1-3-9-11/h10-14H,1-9H2. The zero-order valence-corrected chi connectivity index (χ0v) is 9.04. The summed E-state index contributed by atoms with van der Waals surface area (Å²) in [7, 11) is 0. The molecule has 0 radical (unpaired) electrons. The van der Waals surface area contributed by atoms with Gasteiger partial charge in [-0.25, -0.2) is 0 Å². The van der Waals surface area contributed by atoms with Crippen molar-refractivity contribution in [2.75, 3.05) is 0 Å². The Labute approximate surface area is 87.1 Å². The van der Waals surface area contributed by atoms with Gasteiger partial charge in [-0.1, -0.05) is 32.1 Å². The van der Waals surface area contributed by atoms with Crippen molar-refractivity contribution in [2.45, 2.75) is 70.1 Å². The van der Waals surface area contributed by atoms with Crippen LogP contribution in [0.5, 0.6) is 0 Å². The Bertz CT molecular complexity index is 160. The Hall–Kier alpha value is -0.0800. The third-order valence-electron chi connectivity index (χ3n) is 3.86. The molecule has 2 nitrogen and oxygen atoms in total. The number of nitrogens with one attached hydrogen (secondary N) is 1. The predicted octanol–water partition coefficient (Wildman–Crippen LogP) is 2.42. The van der Waals surface area contributed by atoms with Crippen LogP contribution >= 0.6 is 0 Å². The summed E-state index contributed by atoms with van der Waals surface area (Å²) in [6, 6.07) is 0.597. The second kappa shape index (κ2) is 5.13. The fourth-order valence-electron chi connectivity index (χ4n) is 2.92. The highest BCUT2D eigenvalue weighted by Crippen LogP contribution is 2.28. The zero-order chi connectivity index (χ0) is 9.80. The number of aliphatic hydroxyl groups is 1. The fourth-order valence-corrected chi connectivity index (χ4v) is 2.92. The van der Waals surface area contributed by atoms with Gasteiger partial charge < -0.3 is 5.11 Å². The van der Waals surface area contributed by atoms with Crippen LogP contribution in [0.25, 0.3) is 0 Å². The molecule has 0 amide bonds. The van der Waals surface area contributed by atoms with E-state index in [0.29, 0.717) is 12.0 Å². The Morgan fingerprint density at radius 2 is 1.43 bits per heavy atom. The molecule has 0 aromatic heterocycles. The summed E-state index contributed by atoms with van der Waals surface area (Å²) in [5, 5.41) is 13.4. The van der Waals surface area contributed by atoms with Gasteiger partial charge in [-0.3, -0.25) is 5.32 Å². The molecule has 2 rings (SSSR count). The molecule has 0 spiro atoms. The van der Waals surface area contributed by atoms with Gasteiger partial charge in [0.15, 0.2) is 0 Å². The van der Waals surface area contributed by atoms with E-state index in [-0.39, 0.29) is 6.23 Å². The monoisotopic (exact) mass is 197 g/mol. The summed E-state index contributed by atoms with van der Waals surface area (Å²) in [4.78, 5) is 0. The van der Waals surface area contributed by atoms with Gasteiger partial charge in [0.2, 0.25) is 0 Å². The maximum Gasteiger partial charge on any atom is 0.107 e. The highest BCUT2D eigenvalue weighted by molar-refractivity contribution is 4.78. The van der Waals surface area contributed by atoms with Crippen LogP contribution < -0.4 is 5.32 Å². The van der Waals surface area contributed by atoms with E-state index < -0.39 is 0 Å². The average molecular weight is 197 g/mol. The molecule has 2 aliphatic rings. The summed E-state index contributed by atoms with van der Waals surface area (Å²) >= 11 is 0. The summed E-state index contributed by atoms with van der Waals surface area (Å²) < 4.78 is 0. The summed E-state index contributed by atoms with van der Waals surface area (Å²) in [6.07, 6.45) is 11.5. The normalized spacial score (nSPS) is 28.1. The first-order chi connectivity index (χ1) is 6.86. The lowest BCUT2D eigenvalue weighted by atomic mass is 9.94. The molecule has 0 saturated heterocycles. The van der Waals surface area contributed by atoms with Gasteiger partial charge in [-0.2, -0.15) is 0 Å². The lowest BCUT2D eigenvalue weighted by Gasteiger charge is -2.28. The molecule has 2 aliphatic carbocycles. The molecular formula is C12H23NO. The second-order valence-corrected chi connectivity index (χ2v) is 4.99. The van der Waals surface area contributed by atoms with E-state index in [4.69, 9.17) is 0 Å². The summed E-state index contributed by atoms with van der Waals surface area (Å²) in [5.41, 5.74) is 0. The Balaban J connectivity index is 1.72. The molecule has 1 atom stereocenters. The maximum atomic E-state index is 9.99. The first-order valence-corrected chi connectivity index (χ1v) is 6.30. The maximum absolute atomic E-state index is 9.99. The van der Waals surface area contributed by atoms with E-state index in [0.717, 1.165) is 0 Å². The zero-order valence-electron chi connectivity index (χ0n) is 9.04. The van der Waals surface area contributed by atoms with Crippen molar-refractivity contribution in [3.8, 4) is 0 Å². The van der Waals surface area contributed by atoms with Gasteiger partial charge in [0.25, 0.3) is 0 Å². The van der Waals surface area contributed by atoms with Crippen LogP contribution in [0.15, 0.2) is 0 Å². The van der Waals surface area contributed by atoms with E-state index in [9.17, 15) is 5.11 Å². The van der Waals surface area contributed by atoms with Crippen molar-refractivity contribution in [3.63, 3.8) is 0 Å². The third kappa shape index (κ3) is 2.71. The first-order valence-electron chi connectivity index (χ1n) is 6.30. The third-order valence-corrected chi connectivity index (χ3v) is 3.86. The molecule has 2 heteroatoms. The minimum atomic E-state index is -0.222. The lowest BCUT2D eigenvalue weighted by molar-refractivity contribution is 0.0594. The molecule has 1 unspecified atom stereocenters.